The predicted octanol–water partition coefficient (Wildman–Crippen LogP) is 1.33. The van der Waals surface area contributed by atoms with E-state index in [2.05, 4.69) is 0 Å². The van der Waals surface area contributed by atoms with E-state index in [1.54, 1.807) is 0 Å². The number of ketones is 1. The van der Waals surface area contributed by atoms with Crippen LogP contribution in [0, 0.1) is 0 Å². The third-order valence-electron chi connectivity index (χ3n) is 3.98. The third kappa shape index (κ3) is 2.72. The zero-order valence-corrected chi connectivity index (χ0v) is 12.7. The predicted molar refractivity (Wildman–Crippen MR) is 82.8 cm³/mol. The molecule has 8 nitrogen and oxygen atoms in total. The van der Waals surface area contributed by atoms with Gasteiger partial charge in [0, 0.05) is 12.1 Å². The van der Waals surface area contributed by atoms with E-state index in [0.717, 1.165) is 12.1 Å². The zero-order chi connectivity index (χ0) is 18.4. The molecule has 2 atom stereocenters. The average Bonchev–Trinajstić information content (AvgIpc) is 2.51. The van der Waals surface area contributed by atoms with Crippen LogP contribution in [0.5, 0.6) is 23.0 Å². The van der Waals surface area contributed by atoms with Crippen molar-refractivity contribution < 1.29 is 39.9 Å². The van der Waals surface area contributed by atoms with Crippen molar-refractivity contribution in [3.05, 3.63) is 47.5 Å². The first-order chi connectivity index (χ1) is 11.7. The van der Waals surface area contributed by atoms with E-state index in [4.69, 9.17) is 9.84 Å². The van der Waals surface area contributed by atoms with E-state index in [9.17, 15) is 30.0 Å². The lowest BCUT2D eigenvalue weighted by Crippen LogP contribution is -2.51. The highest BCUT2D eigenvalue weighted by molar-refractivity contribution is 6.09. The highest BCUT2D eigenvalue weighted by Gasteiger charge is 2.53. The lowest BCUT2D eigenvalue weighted by atomic mass is 9.79. The van der Waals surface area contributed by atoms with Crippen LogP contribution in [0.1, 0.15) is 28.4 Å². The van der Waals surface area contributed by atoms with Gasteiger partial charge >= 0.3 is 5.97 Å². The summed E-state index contributed by atoms with van der Waals surface area (Å²) in [7, 11) is 0. The Kier molecular flexibility index (Phi) is 3.77. The number of carboxylic acids is 1. The average molecular weight is 346 g/mol. The number of aromatic hydroxyl groups is 3. The van der Waals surface area contributed by atoms with Gasteiger partial charge in [-0.3, -0.25) is 9.59 Å². The molecular weight excluding hydrogens is 332 g/mol. The van der Waals surface area contributed by atoms with Crippen LogP contribution in [0.25, 0.3) is 0 Å². The molecule has 5 N–H and O–H groups in total. The number of phenols is 3. The van der Waals surface area contributed by atoms with Crippen LogP contribution >= 0.6 is 0 Å². The van der Waals surface area contributed by atoms with Gasteiger partial charge in [-0.2, -0.15) is 0 Å². The van der Waals surface area contributed by atoms with E-state index >= 15 is 0 Å². The van der Waals surface area contributed by atoms with Gasteiger partial charge in [0.15, 0.2) is 11.7 Å². The molecule has 2 aromatic carbocycles. The molecule has 0 radical (unpaired) electrons. The third-order valence-corrected chi connectivity index (χ3v) is 3.98. The minimum Gasteiger partial charge on any atom is -0.508 e. The quantitative estimate of drug-likeness (QED) is 0.560. The van der Waals surface area contributed by atoms with Crippen molar-refractivity contribution in [2.45, 2.75) is 18.1 Å². The number of ether oxygens (including phenoxy) is 1. The van der Waals surface area contributed by atoms with Crippen molar-refractivity contribution in [1.29, 1.82) is 0 Å². The van der Waals surface area contributed by atoms with Crippen molar-refractivity contribution >= 4 is 11.8 Å². The van der Waals surface area contributed by atoms with E-state index in [1.807, 2.05) is 0 Å². The van der Waals surface area contributed by atoms with Crippen LogP contribution in [0.15, 0.2) is 36.4 Å². The molecule has 0 saturated carbocycles. The Morgan fingerprint density at radius 2 is 1.72 bits per heavy atom. The summed E-state index contributed by atoms with van der Waals surface area (Å²) in [6.07, 6.45) is -2.37. The number of carbonyl (C=O) groups is 2. The first kappa shape index (κ1) is 16.6. The van der Waals surface area contributed by atoms with Crippen LogP contribution in [0.2, 0.25) is 0 Å². The Morgan fingerprint density at radius 1 is 1.08 bits per heavy atom. The molecule has 0 unspecified atom stereocenters. The van der Waals surface area contributed by atoms with Crippen LogP contribution < -0.4 is 4.74 Å². The molecule has 0 aromatic heterocycles. The summed E-state index contributed by atoms with van der Waals surface area (Å²) in [6, 6.07) is 7.30. The second kappa shape index (κ2) is 5.67. The second-order valence-electron chi connectivity index (χ2n) is 5.75. The van der Waals surface area contributed by atoms with Crippen molar-refractivity contribution in [2.24, 2.45) is 0 Å². The summed E-state index contributed by atoms with van der Waals surface area (Å²) in [5.41, 5.74) is -2.65. The summed E-state index contributed by atoms with van der Waals surface area (Å²) in [6.45, 7) is 0. The molecule has 1 heterocycles. The summed E-state index contributed by atoms with van der Waals surface area (Å²) in [5.74, 6) is -3.72. The van der Waals surface area contributed by atoms with Crippen molar-refractivity contribution in [2.75, 3.05) is 0 Å². The minimum absolute atomic E-state index is 0.0663. The minimum atomic E-state index is -2.48. The topological polar surface area (TPSA) is 145 Å². The molecule has 0 spiro atoms. The van der Waals surface area contributed by atoms with Gasteiger partial charge in [-0.15, -0.1) is 0 Å². The Morgan fingerprint density at radius 3 is 2.32 bits per heavy atom. The Hall–Kier alpha value is -3.26. The number of carbonyl (C=O) groups excluding carboxylic acids is 1. The number of carboxylic acid groups (broad SMARTS) is 1. The fourth-order valence-corrected chi connectivity index (χ4v) is 2.86. The molecule has 3 rings (SSSR count). The number of aliphatic hydroxyl groups is 1. The van der Waals surface area contributed by atoms with Crippen molar-refractivity contribution in [3.63, 3.8) is 0 Å². The van der Waals surface area contributed by atoms with Gasteiger partial charge in [-0.25, -0.2) is 0 Å². The molecule has 25 heavy (non-hydrogen) atoms. The first-order valence-electron chi connectivity index (χ1n) is 7.23. The van der Waals surface area contributed by atoms with Gasteiger partial charge in [-0.05, 0) is 17.7 Å². The number of hydrogen-bond acceptors (Lipinski definition) is 7. The standard InChI is InChI=1S/C17H14O8/c18-9-3-1-8(2-4-9)16-17(24,7-13(21)22)15(23)14-11(20)5-10(19)6-12(14)25-16/h1-6,16,18-20,24H,7H2,(H,21,22)/t16-,17+/m1/s1. The highest BCUT2D eigenvalue weighted by atomic mass is 16.5. The van der Waals surface area contributed by atoms with E-state index in [-0.39, 0.29) is 22.8 Å². The van der Waals surface area contributed by atoms with Gasteiger partial charge < -0.3 is 30.3 Å². The number of rotatable bonds is 3. The number of phenolic OH excluding ortho intramolecular Hbond substituents is 3. The maximum absolute atomic E-state index is 12.8. The molecule has 0 aliphatic carbocycles. The van der Waals surface area contributed by atoms with E-state index < -0.39 is 41.2 Å². The Labute approximate surface area is 141 Å². The molecule has 0 bridgehead atoms. The zero-order valence-electron chi connectivity index (χ0n) is 12.7. The highest BCUT2D eigenvalue weighted by Crippen LogP contribution is 2.47. The summed E-state index contributed by atoms with van der Waals surface area (Å²) in [4.78, 5) is 24.0. The molecule has 0 saturated heterocycles. The van der Waals surface area contributed by atoms with Crippen LogP contribution in [0.4, 0.5) is 0 Å². The number of aliphatic carboxylic acids is 1. The fraction of sp³-hybridized carbons (Fsp3) is 0.176. The number of fused-ring (bicyclic) bond motifs is 1. The molecule has 1 aliphatic rings. The van der Waals surface area contributed by atoms with Crippen LogP contribution in [0.3, 0.4) is 0 Å². The Bertz CT molecular complexity index is 858. The SMILES string of the molecule is O=C(O)C[C@]1(O)C(=O)c2c(O)cc(O)cc2O[C@@H]1c1ccc(O)cc1. The maximum Gasteiger partial charge on any atom is 0.306 e. The molecule has 8 heteroatoms. The Balaban J connectivity index is 2.19. The summed E-state index contributed by atoms with van der Waals surface area (Å²) >= 11 is 0. The molecule has 2 aromatic rings. The van der Waals surface area contributed by atoms with Crippen molar-refractivity contribution in [3.8, 4) is 23.0 Å². The number of benzene rings is 2. The smallest absolute Gasteiger partial charge is 0.306 e. The van der Waals surface area contributed by atoms with Crippen LogP contribution in [-0.4, -0.2) is 42.9 Å². The van der Waals surface area contributed by atoms with Gasteiger partial charge in [0.05, 0.1) is 6.42 Å². The maximum atomic E-state index is 12.8. The monoisotopic (exact) mass is 346 g/mol. The lowest BCUT2D eigenvalue weighted by Gasteiger charge is -2.38. The van der Waals surface area contributed by atoms with Crippen molar-refractivity contribution in [1.82, 2.24) is 0 Å². The first-order valence-corrected chi connectivity index (χ1v) is 7.23. The number of hydrogen-bond donors (Lipinski definition) is 5. The largest absolute Gasteiger partial charge is 0.508 e. The molecule has 130 valence electrons. The molecule has 0 amide bonds. The molecule has 1 aliphatic heterocycles. The normalized spacial score (nSPS) is 22.1. The van der Waals surface area contributed by atoms with E-state index in [1.165, 1.54) is 24.3 Å². The lowest BCUT2D eigenvalue weighted by molar-refractivity contribution is -0.145. The van der Waals surface area contributed by atoms with Gasteiger partial charge in [-0.1, -0.05) is 12.1 Å². The van der Waals surface area contributed by atoms with Gasteiger partial charge in [0.2, 0.25) is 5.78 Å². The van der Waals surface area contributed by atoms with Gasteiger partial charge in [0.1, 0.15) is 28.6 Å². The summed E-state index contributed by atoms with van der Waals surface area (Å²) in [5, 5.41) is 48.8. The van der Waals surface area contributed by atoms with Gasteiger partial charge in [0.25, 0.3) is 0 Å². The molecule has 0 fully saturated rings. The fourth-order valence-electron chi connectivity index (χ4n) is 2.86. The number of Topliss-reactive ketones (excluding diaryl/α,β-unsaturated/α-hetero) is 1. The molecular formula is C17H14O8. The van der Waals surface area contributed by atoms with E-state index in [0.29, 0.717) is 0 Å². The van der Waals surface area contributed by atoms with Crippen LogP contribution in [-0.2, 0) is 4.79 Å². The second-order valence-corrected chi connectivity index (χ2v) is 5.75. The summed E-state index contributed by atoms with van der Waals surface area (Å²) < 4.78 is 5.57.